The van der Waals surface area contributed by atoms with E-state index in [0.29, 0.717) is 0 Å². The first-order valence-corrected chi connectivity index (χ1v) is 7.84. The van der Waals surface area contributed by atoms with Crippen LogP contribution in [0.15, 0.2) is 48.1 Å². The zero-order valence-corrected chi connectivity index (χ0v) is 13.0. The summed E-state index contributed by atoms with van der Waals surface area (Å²) < 4.78 is 0. The van der Waals surface area contributed by atoms with Gasteiger partial charge in [-0.2, -0.15) is 0 Å². The Balaban J connectivity index is 2.31. The second-order valence-electron chi connectivity index (χ2n) is 6.19. The highest BCUT2D eigenvalue weighted by Gasteiger charge is 2.20. The van der Waals surface area contributed by atoms with Gasteiger partial charge in [-0.25, -0.2) is 0 Å². The molecule has 0 aromatic heterocycles. The monoisotopic (exact) mass is 272 g/mol. The fourth-order valence-corrected chi connectivity index (χ4v) is 3.88. The fourth-order valence-electron chi connectivity index (χ4n) is 3.88. The summed E-state index contributed by atoms with van der Waals surface area (Å²) in [5.41, 5.74) is 7.26. The molecule has 0 atom stereocenters. The van der Waals surface area contributed by atoms with Crippen LogP contribution in [0.4, 0.5) is 0 Å². The Bertz CT molecular complexity index is 950. The van der Waals surface area contributed by atoms with Gasteiger partial charge in [-0.05, 0) is 70.2 Å². The van der Waals surface area contributed by atoms with E-state index in [1.54, 1.807) is 0 Å². The number of benzene rings is 2. The smallest absolute Gasteiger partial charge is 0.00639 e. The predicted octanol–water partition coefficient (Wildman–Crippen LogP) is 4.07. The minimum Gasteiger partial charge on any atom is -0.0801 e. The van der Waals surface area contributed by atoms with Crippen molar-refractivity contribution in [3.8, 4) is 0 Å². The average molecular weight is 272 g/mol. The van der Waals surface area contributed by atoms with Gasteiger partial charge in [0.25, 0.3) is 0 Å². The van der Waals surface area contributed by atoms with Crippen LogP contribution in [0, 0.1) is 13.8 Å². The van der Waals surface area contributed by atoms with E-state index in [2.05, 4.69) is 63.3 Å². The van der Waals surface area contributed by atoms with E-state index >= 15 is 0 Å². The summed E-state index contributed by atoms with van der Waals surface area (Å²) in [6, 6.07) is 9.27. The van der Waals surface area contributed by atoms with Crippen molar-refractivity contribution in [3.63, 3.8) is 0 Å². The third-order valence-corrected chi connectivity index (χ3v) is 4.85. The van der Waals surface area contributed by atoms with Crippen LogP contribution in [0.25, 0.3) is 21.9 Å². The van der Waals surface area contributed by atoms with E-state index in [9.17, 15) is 0 Å². The van der Waals surface area contributed by atoms with Gasteiger partial charge in [-0.3, -0.25) is 0 Å². The molecule has 2 aromatic carbocycles. The number of rotatable bonds is 1. The number of aryl methyl sites for hydroxylation is 2. The first-order valence-electron chi connectivity index (χ1n) is 7.84. The second kappa shape index (κ2) is 4.46. The standard InChI is InChI=1S/C21H20/c1-4-15-17-7-5-6-8-18(17)20-12-14(3)16-10-9-13(2)11-19(16)21(15)20/h5-7,9-12H,4,8H2,1-3H3. The Morgan fingerprint density at radius 3 is 2.71 bits per heavy atom. The Labute approximate surface area is 125 Å². The van der Waals surface area contributed by atoms with Crippen LogP contribution >= 0.6 is 0 Å². The minimum absolute atomic E-state index is 1.07. The van der Waals surface area contributed by atoms with Gasteiger partial charge in [0.05, 0.1) is 0 Å². The maximum Gasteiger partial charge on any atom is -0.00639 e. The zero-order valence-electron chi connectivity index (χ0n) is 13.0. The van der Waals surface area contributed by atoms with Gasteiger partial charge in [-0.15, -0.1) is 0 Å². The van der Waals surface area contributed by atoms with E-state index in [1.165, 1.54) is 49.1 Å². The van der Waals surface area contributed by atoms with E-state index in [-0.39, 0.29) is 0 Å². The number of allylic oxidation sites excluding steroid dienone is 4. The van der Waals surface area contributed by atoms with Crippen molar-refractivity contribution < 1.29 is 0 Å². The molecule has 104 valence electrons. The van der Waals surface area contributed by atoms with Crippen molar-refractivity contribution in [1.29, 1.82) is 0 Å². The predicted molar refractivity (Wildman–Crippen MR) is 91.6 cm³/mol. The highest BCUT2D eigenvalue weighted by atomic mass is 14.2. The van der Waals surface area contributed by atoms with Crippen LogP contribution in [-0.2, 0) is 0 Å². The van der Waals surface area contributed by atoms with Crippen molar-refractivity contribution in [1.82, 2.24) is 0 Å². The average Bonchev–Trinajstić information content (AvgIpc) is 2.81. The lowest BCUT2D eigenvalue weighted by molar-refractivity contribution is 1.23. The number of fused-ring (bicyclic) bond motifs is 4. The molecule has 0 radical (unpaired) electrons. The molecule has 0 N–H and O–H groups in total. The summed E-state index contributed by atoms with van der Waals surface area (Å²) in [7, 11) is 0. The van der Waals surface area contributed by atoms with Gasteiger partial charge in [0.2, 0.25) is 0 Å². The Morgan fingerprint density at radius 2 is 1.90 bits per heavy atom. The molecule has 0 bridgehead atoms. The lowest BCUT2D eigenvalue weighted by Crippen LogP contribution is -2.26. The van der Waals surface area contributed by atoms with Crippen LogP contribution in [-0.4, -0.2) is 0 Å². The van der Waals surface area contributed by atoms with Crippen molar-refractivity contribution in [2.75, 3.05) is 0 Å². The van der Waals surface area contributed by atoms with Crippen molar-refractivity contribution >= 4 is 21.9 Å². The van der Waals surface area contributed by atoms with Gasteiger partial charge in [0, 0.05) is 0 Å². The summed E-state index contributed by atoms with van der Waals surface area (Å²) in [4.78, 5) is 0. The topological polar surface area (TPSA) is 0 Å². The highest BCUT2D eigenvalue weighted by Crippen LogP contribution is 2.32. The van der Waals surface area contributed by atoms with E-state index in [0.717, 1.165) is 12.8 Å². The SMILES string of the molecule is CCC1=c2c(cc(C)c3ccc(C)cc23)=C2CC=CC=C21. The van der Waals surface area contributed by atoms with Gasteiger partial charge >= 0.3 is 0 Å². The van der Waals surface area contributed by atoms with Crippen molar-refractivity contribution in [3.05, 3.63) is 69.6 Å². The Morgan fingerprint density at radius 1 is 1.05 bits per heavy atom. The maximum atomic E-state index is 2.40. The van der Waals surface area contributed by atoms with E-state index in [1.807, 2.05) is 0 Å². The molecule has 0 aliphatic heterocycles. The molecule has 21 heavy (non-hydrogen) atoms. The number of hydrogen-bond acceptors (Lipinski definition) is 0. The molecule has 0 saturated heterocycles. The van der Waals surface area contributed by atoms with E-state index in [4.69, 9.17) is 0 Å². The summed E-state index contributed by atoms with van der Waals surface area (Å²) in [5.74, 6) is 0. The zero-order chi connectivity index (χ0) is 14.6. The van der Waals surface area contributed by atoms with Crippen LogP contribution in [0.3, 0.4) is 0 Å². The third-order valence-electron chi connectivity index (χ3n) is 4.85. The molecule has 0 saturated carbocycles. The van der Waals surface area contributed by atoms with Crippen LogP contribution in [0.1, 0.15) is 30.9 Å². The van der Waals surface area contributed by atoms with Crippen LogP contribution < -0.4 is 10.4 Å². The first-order chi connectivity index (χ1) is 10.2. The maximum absolute atomic E-state index is 2.40. The third kappa shape index (κ3) is 1.68. The molecule has 0 fully saturated rings. The Hall–Kier alpha value is -2.08. The molecule has 2 aliphatic rings. The van der Waals surface area contributed by atoms with Crippen molar-refractivity contribution in [2.24, 2.45) is 0 Å². The molecule has 2 aromatic rings. The van der Waals surface area contributed by atoms with Crippen LogP contribution in [0.5, 0.6) is 0 Å². The quantitative estimate of drug-likeness (QED) is 0.734. The molecule has 4 rings (SSSR count). The summed E-state index contributed by atoms with van der Waals surface area (Å²) in [5, 5.41) is 5.80. The summed E-state index contributed by atoms with van der Waals surface area (Å²) >= 11 is 0. The molecular weight excluding hydrogens is 252 g/mol. The lowest BCUT2D eigenvalue weighted by Gasteiger charge is -2.10. The molecule has 0 spiro atoms. The Kier molecular flexibility index (Phi) is 2.68. The molecule has 0 heteroatoms. The van der Waals surface area contributed by atoms with Gasteiger partial charge < -0.3 is 0 Å². The highest BCUT2D eigenvalue weighted by molar-refractivity contribution is 5.98. The second-order valence-corrected chi connectivity index (χ2v) is 6.19. The van der Waals surface area contributed by atoms with Gasteiger partial charge in [0.15, 0.2) is 0 Å². The lowest BCUT2D eigenvalue weighted by atomic mass is 9.94. The fraction of sp³-hybridized carbons (Fsp3) is 0.238. The normalized spacial score (nSPS) is 16.2. The summed E-state index contributed by atoms with van der Waals surface area (Å²) in [6.07, 6.45) is 8.95. The van der Waals surface area contributed by atoms with Crippen LogP contribution in [0.2, 0.25) is 0 Å². The summed E-state index contributed by atoms with van der Waals surface area (Å²) in [6.45, 7) is 6.71. The molecule has 2 aliphatic carbocycles. The molecule has 0 unspecified atom stereocenters. The molecule has 0 nitrogen and oxygen atoms in total. The molecular formula is C21H20. The van der Waals surface area contributed by atoms with Gasteiger partial charge in [0.1, 0.15) is 0 Å². The largest absolute Gasteiger partial charge is 0.0801 e. The molecule has 0 amide bonds. The van der Waals surface area contributed by atoms with E-state index < -0.39 is 0 Å². The molecule has 0 heterocycles. The van der Waals surface area contributed by atoms with Crippen molar-refractivity contribution in [2.45, 2.75) is 33.6 Å². The van der Waals surface area contributed by atoms with Gasteiger partial charge in [-0.1, -0.05) is 55.0 Å². The number of hydrogen-bond donors (Lipinski definition) is 0. The first kappa shape index (κ1) is 12.6. The minimum atomic E-state index is 1.07.